The Hall–Kier alpha value is -1.75. The molecule has 0 heterocycles. The van der Waals surface area contributed by atoms with Crippen molar-refractivity contribution in [3.63, 3.8) is 0 Å². The molecule has 0 saturated heterocycles. The van der Waals surface area contributed by atoms with Gasteiger partial charge >= 0.3 is 0 Å². The van der Waals surface area contributed by atoms with Crippen molar-refractivity contribution in [2.45, 2.75) is 26.4 Å². The smallest absolute Gasteiger partial charge is 0.188 e. The third kappa shape index (κ3) is 7.63. The summed E-state index contributed by atoms with van der Waals surface area (Å²) >= 11 is 0. The lowest BCUT2D eigenvalue weighted by atomic mass is 10.3. The van der Waals surface area contributed by atoms with Crippen LogP contribution in [0.2, 0.25) is 0 Å². The molecule has 0 bridgehead atoms. The van der Waals surface area contributed by atoms with Crippen LogP contribution in [-0.4, -0.2) is 38.4 Å². The van der Waals surface area contributed by atoms with Crippen LogP contribution in [0.5, 0.6) is 5.75 Å². The fraction of sp³-hybridized carbons (Fsp3) is 0.533. The molecule has 20 heavy (non-hydrogen) atoms. The van der Waals surface area contributed by atoms with E-state index in [2.05, 4.69) is 10.3 Å². The van der Waals surface area contributed by atoms with E-state index in [4.69, 9.17) is 15.2 Å². The summed E-state index contributed by atoms with van der Waals surface area (Å²) in [7, 11) is 0. The molecule has 112 valence electrons. The number of guanidine groups is 1. The molecule has 1 aromatic rings. The molecule has 1 aromatic carbocycles. The monoisotopic (exact) mass is 279 g/mol. The van der Waals surface area contributed by atoms with Crippen molar-refractivity contribution in [3.05, 3.63) is 30.3 Å². The highest BCUT2D eigenvalue weighted by atomic mass is 16.5. The second-order valence-electron chi connectivity index (χ2n) is 4.44. The number of nitrogens with two attached hydrogens (primary N) is 1. The van der Waals surface area contributed by atoms with Gasteiger partial charge in [-0.05, 0) is 32.4 Å². The van der Waals surface area contributed by atoms with Gasteiger partial charge in [-0.25, -0.2) is 4.99 Å². The molecule has 0 spiro atoms. The molecular weight excluding hydrogens is 254 g/mol. The third-order valence-electron chi connectivity index (χ3n) is 2.57. The standard InChI is InChI=1S/C15H25N3O2/c1-3-19-11-7-10-17-15(16)18-12-13(2)20-14-8-5-4-6-9-14/h4-6,8-9,13H,3,7,10-12H2,1-2H3,(H3,16,17,18). The first-order valence-corrected chi connectivity index (χ1v) is 7.05. The third-order valence-corrected chi connectivity index (χ3v) is 2.57. The van der Waals surface area contributed by atoms with Gasteiger partial charge in [0.05, 0.1) is 6.54 Å². The summed E-state index contributed by atoms with van der Waals surface area (Å²) in [5.41, 5.74) is 5.77. The van der Waals surface area contributed by atoms with Crippen LogP contribution >= 0.6 is 0 Å². The van der Waals surface area contributed by atoms with Gasteiger partial charge in [-0.2, -0.15) is 0 Å². The molecule has 1 atom stereocenters. The Morgan fingerprint density at radius 3 is 2.80 bits per heavy atom. The van der Waals surface area contributed by atoms with Crippen LogP contribution in [0.1, 0.15) is 20.3 Å². The predicted molar refractivity (Wildman–Crippen MR) is 82.1 cm³/mol. The summed E-state index contributed by atoms with van der Waals surface area (Å²) in [4.78, 5) is 4.26. The Kier molecular flexibility index (Phi) is 8.22. The summed E-state index contributed by atoms with van der Waals surface area (Å²) in [5, 5.41) is 3.05. The average molecular weight is 279 g/mol. The number of para-hydroxylation sites is 1. The van der Waals surface area contributed by atoms with Gasteiger partial charge in [0.25, 0.3) is 0 Å². The minimum atomic E-state index is -0.0128. The van der Waals surface area contributed by atoms with E-state index in [1.54, 1.807) is 0 Å². The largest absolute Gasteiger partial charge is 0.489 e. The van der Waals surface area contributed by atoms with E-state index in [1.807, 2.05) is 44.2 Å². The van der Waals surface area contributed by atoms with Crippen molar-refractivity contribution in [2.75, 3.05) is 26.3 Å². The maximum atomic E-state index is 5.77. The molecule has 1 rings (SSSR count). The molecule has 0 saturated carbocycles. The average Bonchev–Trinajstić information content (AvgIpc) is 2.46. The number of nitrogens with one attached hydrogen (secondary N) is 1. The van der Waals surface area contributed by atoms with Crippen molar-refractivity contribution >= 4 is 5.96 Å². The van der Waals surface area contributed by atoms with Gasteiger partial charge in [0.2, 0.25) is 0 Å². The van der Waals surface area contributed by atoms with Crippen LogP contribution in [0.15, 0.2) is 35.3 Å². The second-order valence-corrected chi connectivity index (χ2v) is 4.44. The van der Waals surface area contributed by atoms with Crippen molar-refractivity contribution in [3.8, 4) is 5.75 Å². The summed E-state index contributed by atoms with van der Waals surface area (Å²) in [6.45, 7) is 6.74. The summed E-state index contributed by atoms with van der Waals surface area (Å²) in [6.07, 6.45) is 0.904. The van der Waals surface area contributed by atoms with Gasteiger partial charge in [-0.3, -0.25) is 0 Å². The van der Waals surface area contributed by atoms with Crippen LogP contribution in [0.4, 0.5) is 0 Å². The quantitative estimate of drug-likeness (QED) is 0.411. The normalized spacial score (nSPS) is 13.0. The van der Waals surface area contributed by atoms with Crippen LogP contribution in [0, 0.1) is 0 Å². The second kappa shape index (κ2) is 10.1. The number of hydrogen-bond donors (Lipinski definition) is 2. The highest BCUT2D eigenvalue weighted by Crippen LogP contribution is 2.10. The van der Waals surface area contributed by atoms with Crippen LogP contribution in [-0.2, 0) is 4.74 Å². The van der Waals surface area contributed by atoms with E-state index in [0.717, 1.165) is 31.9 Å². The lowest BCUT2D eigenvalue weighted by molar-refractivity contribution is 0.145. The SMILES string of the molecule is CCOCCCNC(N)=NCC(C)Oc1ccccc1. The summed E-state index contributed by atoms with van der Waals surface area (Å²) in [6, 6.07) is 9.70. The molecule has 0 aliphatic heterocycles. The van der Waals surface area contributed by atoms with Crippen molar-refractivity contribution in [1.29, 1.82) is 0 Å². The molecule has 0 aliphatic rings. The number of ether oxygens (including phenoxy) is 2. The van der Waals surface area contributed by atoms with Gasteiger partial charge in [0.1, 0.15) is 11.9 Å². The molecule has 1 unspecified atom stereocenters. The first-order chi connectivity index (χ1) is 9.72. The van der Waals surface area contributed by atoms with E-state index in [-0.39, 0.29) is 6.10 Å². The fourth-order valence-electron chi connectivity index (χ4n) is 1.59. The zero-order valence-electron chi connectivity index (χ0n) is 12.3. The Bertz CT molecular complexity index is 382. The maximum Gasteiger partial charge on any atom is 0.188 e. The first kappa shape index (κ1) is 16.3. The fourth-order valence-corrected chi connectivity index (χ4v) is 1.59. The molecule has 0 radical (unpaired) electrons. The highest BCUT2D eigenvalue weighted by molar-refractivity contribution is 5.77. The van der Waals surface area contributed by atoms with Crippen LogP contribution in [0.3, 0.4) is 0 Å². The van der Waals surface area contributed by atoms with Gasteiger partial charge in [0.15, 0.2) is 5.96 Å². The van der Waals surface area contributed by atoms with Gasteiger partial charge in [-0.15, -0.1) is 0 Å². The Balaban J connectivity index is 2.18. The van der Waals surface area contributed by atoms with Crippen molar-refractivity contribution in [2.24, 2.45) is 10.7 Å². The number of nitrogens with zero attached hydrogens (tertiary/aromatic N) is 1. The molecule has 5 nitrogen and oxygen atoms in total. The minimum Gasteiger partial charge on any atom is -0.489 e. The zero-order chi connectivity index (χ0) is 14.6. The van der Waals surface area contributed by atoms with Gasteiger partial charge in [0, 0.05) is 19.8 Å². The molecule has 0 aromatic heterocycles. The topological polar surface area (TPSA) is 68.9 Å². The first-order valence-electron chi connectivity index (χ1n) is 7.05. The van der Waals surface area contributed by atoms with E-state index in [0.29, 0.717) is 12.5 Å². The summed E-state index contributed by atoms with van der Waals surface area (Å²) < 4.78 is 11.0. The van der Waals surface area contributed by atoms with Crippen molar-refractivity contribution < 1.29 is 9.47 Å². The van der Waals surface area contributed by atoms with Crippen LogP contribution < -0.4 is 15.8 Å². The molecular formula is C15H25N3O2. The molecule has 0 amide bonds. The molecule has 0 fully saturated rings. The highest BCUT2D eigenvalue weighted by Gasteiger charge is 2.02. The number of benzene rings is 1. The number of rotatable bonds is 9. The van der Waals surface area contributed by atoms with E-state index < -0.39 is 0 Å². The van der Waals surface area contributed by atoms with Gasteiger partial charge in [-0.1, -0.05) is 18.2 Å². The zero-order valence-corrected chi connectivity index (χ0v) is 12.3. The van der Waals surface area contributed by atoms with E-state index in [9.17, 15) is 0 Å². The Morgan fingerprint density at radius 2 is 2.10 bits per heavy atom. The lowest BCUT2D eigenvalue weighted by Gasteiger charge is -2.13. The summed E-state index contributed by atoms with van der Waals surface area (Å²) in [5.74, 6) is 1.29. The predicted octanol–water partition coefficient (Wildman–Crippen LogP) is 1.78. The lowest BCUT2D eigenvalue weighted by Crippen LogP contribution is -2.34. The maximum absolute atomic E-state index is 5.77. The molecule has 0 aliphatic carbocycles. The van der Waals surface area contributed by atoms with Gasteiger partial charge < -0.3 is 20.5 Å². The Morgan fingerprint density at radius 1 is 1.35 bits per heavy atom. The number of hydrogen-bond acceptors (Lipinski definition) is 3. The Labute approximate surface area is 121 Å². The minimum absolute atomic E-state index is 0.0128. The molecule has 5 heteroatoms. The van der Waals surface area contributed by atoms with Crippen LogP contribution in [0.25, 0.3) is 0 Å². The van der Waals surface area contributed by atoms with E-state index in [1.165, 1.54) is 0 Å². The van der Waals surface area contributed by atoms with E-state index >= 15 is 0 Å². The number of aliphatic imine (C=N–C) groups is 1. The van der Waals surface area contributed by atoms with Crippen molar-refractivity contribution in [1.82, 2.24) is 5.32 Å². The molecule has 3 N–H and O–H groups in total.